The normalized spacial score (nSPS) is 17.9. The Labute approximate surface area is 168 Å². The van der Waals surface area contributed by atoms with E-state index in [0.717, 1.165) is 63.6 Å². The van der Waals surface area contributed by atoms with Gasteiger partial charge in [0.05, 0.1) is 4.70 Å². The van der Waals surface area contributed by atoms with Crippen molar-refractivity contribution in [2.45, 2.75) is 6.42 Å². The van der Waals surface area contributed by atoms with Gasteiger partial charge >= 0.3 is 0 Å². The summed E-state index contributed by atoms with van der Waals surface area (Å²) in [5.41, 5.74) is 1.71. The lowest BCUT2D eigenvalue weighted by Gasteiger charge is -2.36. The molecular weight excluding hydrogens is 370 g/mol. The zero-order chi connectivity index (χ0) is 18.9. The fourth-order valence-electron chi connectivity index (χ4n) is 4.10. The summed E-state index contributed by atoms with van der Waals surface area (Å²) in [5.74, 6) is 1.20. The number of carbonyl (C=O) groups is 1. The van der Waals surface area contributed by atoms with Gasteiger partial charge in [0.25, 0.3) is 5.91 Å². The Balaban J connectivity index is 1.17. The molecule has 1 aromatic carbocycles. The van der Waals surface area contributed by atoms with Crippen molar-refractivity contribution in [3.8, 4) is 0 Å². The van der Waals surface area contributed by atoms with E-state index in [2.05, 4.69) is 43.4 Å². The van der Waals surface area contributed by atoms with Crippen molar-refractivity contribution < 1.29 is 4.79 Å². The minimum absolute atomic E-state index is 0.0782. The number of hydrogen-bond donors (Lipinski definition) is 0. The van der Waals surface area contributed by atoms with Crippen LogP contribution in [0.25, 0.3) is 10.1 Å². The smallest absolute Gasteiger partial charge is 0.272 e. The molecule has 4 heterocycles. The maximum absolute atomic E-state index is 12.7. The van der Waals surface area contributed by atoms with E-state index in [1.165, 1.54) is 10.1 Å². The minimum atomic E-state index is 0.0782. The average molecular weight is 394 g/mol. The Bertz CT molecular complexity index is 995. The first-order valence-electron chi connectivity index (χ1n) is 9.84. The van der Waals surface area contributed by atoms with Crippen molar-refractivity contribution in [1.29, 1.82) is 0 Å². The van der Waals surface area contributed by atoms with Gasteiger partial charge in [0.15, 0.2) is 0 Å². The highest BCUT2D eigenvalue weighted by Crippen LogP contribution is 2.29. The Morgan fingerprint density at radius 2 is 1.82 bits per heavy atom. The average Bonchev–Trinajstić information content (AvgIpc) is 3.18. The van der Waals surface area contributed by atoms with Gasteiger partial charge in [-0.15, -0.1) is 0 Å². The highest BCUT2D eigenvalue weighted by molar-refractivity contribution is 7.13. The molecule has 5 rings (SSSR count). The molecule has 0 saturated carbocycles. The van der Waals surface area contributed by atoms with Crippen LogP contribution in [0.3, 0.4) is 0 Å². The molecule has 0 radical (unpaired) electrons. The summed E-state index contributed by atoms with van der Waals surface area (Å²) in [6, 6.07) is 12.4. The quantitative estimate of drug-likeness (QED) is 0.682. The van der Waals surface area contributed by atoms with E-state index in [1.807, 2.05) is 17.0 Å². The number of carbonyl (C=O) groups excluding carboxylic acids is 1. The number of nitrogens with zero attached hydrogens (tertiary/aromatic N) is 5. The van der Waals surface area contributed by atoms with E-state index in [-0.39, 0.29) is 5.91 Å². The summed E-state index contributed by atoms with van der Waals surface area (Å²) in [4.78, 5) is 23.7. The first kappa shape index (κ1) is 17.6. The molecule has 0 aliphatic carbocycles. The van der Waals surface area contributed by atoms with Crippen LogP contribution in [0.5, 0.6) is 0 Å². The van der Waals surface area contributed by atoms with Crippen LogP contribution in [-0.2, 0) is 6.42 Å². The third kappa shape index (κ3) is 3.25. The predicted molar refractivity (Wildman–Crippen MR) is 112 cm³/mol. The van der Waals surface area contributed by atoms with Gasteiger partial charge in [-0.3, -0.25) is 14.7 Å². The molecule has 7 heteroatoms. The molecule has 2 aliphatic heterocycles. The number of pyridine rings is 1. The summed E-state index contributed by atoms with van der Waals surface area (Å²) in [7, 11) is 0. The van der Waals surface area contributed by atoms with Gasteiger partial charge in [-0.2, -0.15) is 4.37 Å². The fraction of sp³-hybridized carbons (Fsp3) is 0.381. The second kappa shape index (κ2) is 7.48. The van der Waals surface area contributed by atoms with Crippen LogP contribution in [-0.4, -0.2) is 70.9 Å². The number of aromatic nitrogens is 2. The molecule has 1 saturated heterocycles. The zero-order valence-corrected chi connectivity index (χ0v) is 16.6. The van der Waals surface area contributed by atoms with Gasteiger partial charge in [0.1, 0.15) is 11.5 Å². The molecule has 1 fully saturated rings. The van der Waals surface area contributed by atoms with E-state index in [0.29, 0.717) is 5.69 Å². The van der Waals surface area contributed by atoms with E-state index in [9.17, 15) is 4.79 Å². The molecule has 3 aromatic rings. The number of amides is 1. The van der Waals surface area contributed by atoms with Gasteiger partial charge in [-0.05, 0) is 41.7 Å². The molecule has 2 aromatic heterocycles. The van der Waals surface area contributed by atoms with Crippen LogP contribution in [0.1, 0.15) is 16.1 Å². The highest BCUT2D eigenvalue weighted by Gasteiger charge is 2.26. The summed E-state index contributed by atoms with van der Waals surface area (Å²) in [6.07, 6.45) is 2.61. The standard InChI is InChI=1S/C21H23N5OS/c27-21-19-16(4-3-8-22-19)7-9-26(21)15-12-24-10-13-25(14-11-24)20-17-5-1-2-6-18(17)28-23-20/h1-6,8H,7,9-15H2. The first-order chi connectivity index (χ1) is 13.8. The zero-order valence-electron chi connectivity index (χ0n) is 15.8. The van der Waals surface area contributed by atoms with Crippen LogP contribution in [0.2, 0.25) is 0 Å². The Morgan fingerprint density at radius 1 is 0.964 bits per heavy atom. The molecule has 144 valence electrons. The second-order valence-corrected chi connectivity index (χ2v) is 8.19. The summed E-state index contributed by atoms with van der Waals surface area (Å²) in [5, 5.41) is 1.26. The molecule has 2 aliphatic rings. The SMILES string of the molecule is O=C1c2ncccc2CCN1CCN1CCN(c2nsc3ccccc23)CC1. The van der Waals surface area contributed by atoms with Crippen molar-refractivity contribution in [3.63, 3.8) is 0 Å². The van der Waals surface area contributed by atoms with Crippen LogP contribution >= 0.6 is 11.5 Å². The summed E-state index contributed by atoms with van der Waals surface area (Å²) < 4.78 is 5.93. The topological polar surface area (TPSA) is 52.6 Å². The van der Waals surface area contributed by atoms with Gasteiger partial charge in [-0.1, -0.05) is 18.2 Å². The van der Waals surface area contributed by atoms with Crippen molar-refractivity contribution >= 4 is 33.3 Å². The third-order valence-corrected chi connectivity index (χ3v) is 6.57. The number of piperazine rings is 1. The van der Waals surface area contributed by atoms with E-state index in [1.54, 1.807) is 17.7 Å². The molecule has 0 bridgehead atoms. The molecule has 6 nitrogen and oxygen atoms in total. The van der Waals surface area contributed by atoms with Crippen LogP contribution in [0.4, 0.5) is 5.82 Å². The van der Waals surface area contributed by atoms with Gasteiger partial charge in [-0.25, -0.2) is 0 Å². The fourth-order valence-corrected chi connectivity index (χ4v) is 4.89. The number of fused-ring (bicyclic) bond motifs is 2. The lowest BCUT2D eigenvalue weighted by molar-refractivity contribution is 0.0710. The molecule has 0 unspecified atom stereocenters. The van der Waals surface area contributed by atoms with Crippen LogP contribution in [0.15, 0.2) is 42.6 Å². The Kier molecular flexibility index (Phi) is 4.70. The number of benzene rings is 1. The second-order valence-electron chi connectivity index (χ2n) is 7.38. The molecule has 1 amide bonds. The lowest BCUT2D eigenvalue weighted by Crippen LogP contribution is -2.50. The molecular formula is C21H23N5OS. The Hall–Kier alpha value is -2.51. The summed E-state index contributed by atoms with van der Waals surface area (Å²) in [6.45, 7) is 6.44. The first-order valence-corrected chi connectivity index (χ1v) is 10.6. The van der Waals surface area contributed by atoms with Gasteiger partial charge < -0.3 is 9.80 Å². The van der Waals surface area contributed by atoms with Crippen molar-refractivity contribution in [2.24, 2.45) is 0 Å². The van der Waals surface area contributed by atoms with Gasteiger partial charge in [0, 0.05) is 57.4 Å². The molecule has 0 N–H and O–H groups in total. The number of rotatable bonds is 4. The number of anilines is 1. The van der Waals surface area contributed by atoms with E-state index in [4.69, 9.17) is 0 Å². The van der Waals surface area contributed by atoms with Crippen molar-refractivity contribution in [3.05, 3.63) is 53.9 Å². The predicted octanol–water partition coefficient (Wildman–Crippen LogP) is 2.51. The van der Waals surface area contributed by atoms with Crippen LogP contribution < -0.4 is 4.90 Å². The third-order valence-electron chi connectivity index (χ3n) is 5.75. The number of hydrogen-bond acceptors (Lipinski definition) is 6. The van der Waals surface area contributed by atoms with Crippen molar-refractivity contribution in [2.75, 3.05) is 50.7 Å². The molecule has 28 heavy (non-hydrogen) atoms. The summed E-state index contributed by atoms with van der Waals surface area (Å²) >= 11 is 1.58. The van der Waals surface area contributed by atoms with Gasteiger partial charge in [0.2, 0.25) is 0 Å². The largest absolute Gasteiger partial charge is 0.353 e. The van der Waals surface area contributed by atoms with Crippen molar-refractivity contribution in [1.82, 2.24) is 19.2 Å². The molecule has 0 atom stereocenters. The van der Waals surface area contributed by atoms with E-state index >= 15 is 0 Å². The molecule has 0 spiro atoms. The maximum atomic E-state index is 12.7. The van der Waals surface area contributed by atoms with E-state index < -0.39 is 0 Å². The maximum Gasteiger partial charge on any atom is 0.272 e. The minimum Gasteiger partial charge on any atom is -0.353 e. The Morgan fingerprint density at radius 3 is 2.71 bits per heavy atom. The van der Waals surface area contributed by atoms with Crippen LogP contribution in [0, 0.1) is 0 Å². The highest BCUT2D eigenvalue weighted by atomic mass is 32.1. The lowest BCUT2D eigenvalue weighted by atomic mass is 10.0. The monoisotopic (exact) mass is 393 g/mol.